The summed E-state index contributed by atoms with van der Waals surface area (Å²) < 4.78 is 5.43. The second-order valence-electron chi connectivity index (χ2n) is 9.33. The molecule has 1 unspecified atom stereocenters. The topological polar surface area (TPSA) is 65.1 Å². The summed E-state index contributed by atoms with van der Waals surface area (Å²) in [5.74, 6) is 0.514. The summed E-state index contributed by atoms with van der Waals surface area (Å²) in [7, 11) is 1.57. The van der Waals surface area contributed by atoms with Crippen molar-refractivity contribution in [3.05, 3.63) is 29.8 Å². The third kappa shape index (κ3) is 5.39. The number of Topliss-reactive ketones (excluding diaryl/α,β-unsaturated/α-hetero) is 1. The Morgan fingerprint density at radius 2 is 1.88 bits per heavy atom. The molecule has 0 bridgehead atoms. The maximum absolute atomic E-state index is 13.6. The van der Waals surface area contributed by atoms with Gasteiger partial charge in [-0.2, -0.15) is 0 Å². The predicted molar refractivity (Wildman–Crippen MR) is 134 cm³/mol. The molecule has 7 nitrogen and oxygen atoms in total. The fraction of sp³-hybridized carbons (Fsp3) is 0.640. The van der Waals surface area contributed by atoms with Crippen molar-refractivity contribution < 1.29 is 14.3 Å². The van der Waals surface area contributed by atoms with Gasteiger partial charge in [-0.05, 0) is 44.6 Å². The van der Waals surface area contributed by atoms with E-state index in [-0.39, 0.29) is 11.7 Å². The van der Waals surface area contributed by atoms with Gasteiger partial charge in [-0.15, -0.1) is 0 Å². The second-order valence-corrected chi connectivity index (χ2v) is 9.69. The highest BCUT2D eigenvalue weighted by Gasteiger charge is 2.53. The van der Waals surface area contributed by atoms with E-state index in [9.17, 15) is 9.59 Å². The van der Waals surface area contributed by atoms with Crippen LogP contribution in [0.1, 0.15) is 69.7 Å². The Balaban J connectivity index is 1.78. The number of hydrogen-bond donors (Lipinski definition) is 1. The molecule has 2 heterocycles. The van der Waals surface area contributed by atoms with E-state index in [0.29, 0.717) is 36.1 Å². The van der Waals surface area contributed by atoms with Crippen LogP contribution in [-0.2, 0) is 4.79 Å². The van der Waals surface area contributed by atoms with Crippen LogP contribution >= 0.6 is 12.2 Å². The van der Waals surface area contributed by atoms with Gasteiger partial charge in [0, 0.05) is 26.2 Å². The Hall–Kier alpha value is -2.03. The maximum Gasteiger partial charge on any atom is 0.255 e. The van der Waals surface area contributed by atoms with Crippen LogP contribution in [0.4, 0.5) is 0 Å². The number of amides is 1. The fourth-order valence-corrected chi connectivity index (χ4v) is 5.24. The number of rotatable bonds is 11. The second kappa shape index (κ2) is 11.4. The number of piperazine rings is 1. The van der Waals surface area contributed by atoms with E-state index in [1.165, 1.54) is 25.7 Å². The molecular formula is C25H38N4O3S. The van der Waals surface area contributed by atoms with Crippen molar-refractivity contribution in [3.8, 4) is 5.75 Å². The smallest absolute Gasteiger partial charge is 0.255 e. The number of carbonyl (C=O) groups is 2. The highest BCUT2D eigenvalue weighted by atomic mass is 32.1. The third-order valence-electron chi connectivity index (χ3n) is 6.59. The standard InChI is InChI=1S/C25H38N4O3S/c1-5-6-7-8-9-12-16-27-23(31)25(2,3)29(24(27)33)28-17-15-26-18-20(28)22(30)19-13-10-11-14-21(19)32-4/h10-11,13-14,20,26H,5-9,12,15-18H2,1-4H3. The van der Waals surface area contributed by atoms with Crippen LogP contribution in [-0.4, -0.2) is 76.6 Å². The molecule has 2 aliphatic rings. The van der Waals surface area contributed by atoms with Gasteiger partial charge in [-0.1, -0.05) is 51.2 Å². The number of hydrazine groups is 1. The van der Waals surface area contributed by atoms with Gasteiger partial charge in [-0.25, -0.2) is 5.01 Å². The molecule has 2 fully saturated rings. The molecule has 1 aromatic carbocycles. The minimum Gasteiger partial charge on any atom is -0.496 e. The minimum atomic E-state index is -0.837. The molecule has 33 heavy (non-hydrogen) atoms. The van der Waals surface area contributed by atoms with Crippen LogP contribution in [0.2, 0.25) is 0 Å². The van der Waals surface area contributed by atoms with Crippen LogP contribution in [0.5, 0.6) is 5.75 Å². The predicted octanol–water partition coefficient (Wildman–Crippen LogP) is 3.63. The van der Waals surface area contributed by atoms with Crippen LogP contribution in [0, 0.1) is 0 Å². The maximum atomic E-state index is 13.6. The van der Waals surface area contributed by atoms with Crippen LogP contribution in [0.15, 0.2) is 24.3 Å². The van der Waals surface area contributed by atoms with Gasteiger partial charge in [0.25, 0.3) is 5.91 Å². The molecule has 1 N–H and O–H groups in total. The molecule has 1 atom stereocenters. The summed E-state index contributed by atoms with van der Waals surface area (Å²) in [6, 6.07) is 6.80. The van der Waals surface area contributed by atoms with Crippen LogP contribution in [0.25, 0.3) is 0 Å². The summed E-state index contributed by atoms with van der Waals surface area (Å²) in [6.45, 7) is 8.42. The van der Waals surface area contributed by atoms with E-state index in [4.69, 9.17) is 17.0 Å². The van der Waals surface area contributed by atoms with Gasteiger partial charge in [0.05, 0.1) is 12.7 Å². The number of nitrogens with zero attached hydrogens (tertiary/aromatic N) is 3. The van der Waals surface area contributed by atoms with Crippen LogP contribution < -0.4 is 10.1 Å². The summed E-state index contributed by atoms with van der Waals surface area (Å²) in [6.07, 6.45) is 6.92. The van der Waals surface area contributed by atoms with Gasteiger partial charge < -0.3 is 10.1 Å². The lowest BCUT2D eigenvalue weighted by atomic mass is 10.00. The van der Waals surface area contributed by atoms with E-state index < -0.39 is 11.6 Å². The SMILES string of the molecule is CCCCCCCCN1C(=O)C(C)(C)N(N2CCNCC2C(=O)c2ccccc2OC)C1=S. The lowest BCUT2D eigenvalue weighted by molar-refractivity contribution is -0.138. The first-order valence-electron chi connectivity index (χ1n) is 12.1. The zero-order valence-electron chi connectivity index (χ0n) is 20.4. The number of nitrogens with one attached hydrogen (secondary N) is 1. The van der Waals surface area contributed by atoms with Gasteiger partial charge in [0.2, 0.25) is 0 Å². The molecule has 1 amide bonds. The molecule has 182 valence electrons. The number of methoxy groups -OCH3 is 1. The number of para-hydroxylation sites is 1. The Morgan fingerprint density at radius 3 is 2.61 bits per heavy atom. The summed E-state index contributed by atoms with van der Waals surface area (Å²) in [5.41, 5.74) is -0.299. The molecule has 0 saturated carbocycles. The number of unbranched alkanes of at least 4 members (excludes halogenated alkanes) is 5. The lowest BCUT2D eigenvalue weighted by Gasteiger charge is -2.45. The summed E-state index contributed by atoms with van der Waals surface area (Å²) in [5, 5.41) is 7.71. The number of carbonyl (C=O) groups excluding carboxylic acids is 2. The van der Waals surface area contributed by atoms with E-state index in [1.807, 2.05) is 36.0 Å². The normalized spacial score (nSPS) is 21.0. The van der Waals surface area contributed by atoms with Gasteiger partial charge in [0.15, 0.2) is 10.9 Å². The Labute approximate surface area is 203 Å². The summed E-state index contributed by atoms with van der Waals surface area (Å²) in [4.78, 5) is 28.7. The van der Waals surface area contributed by atoms with E-state index in [1.54, 1.807) is 24.1 Å². The zero-order chi connectivity index (χ0) is 24.0. The molecule has 0 radical (unpaired) electrons. The van der Waals surface area contributed by atoms with Crippen molar-refractivity contribution in [2.24, 2.45) is 0 Å². The molecule has 0 aromatic heterocycles. The first kappa shape index (κ1) is 25.6. The molecule has 8 heteroatoms. The van der Waals surface area contributed by atoms with Gasteiger partial charge in [-0.3, -0.25) is 19.5 Å². The van der Waals surface area contributed by atoms with Gasteiger partial charge in [0.1, 0.15) is 17.3 Å². The first-order valence-corrected chi connectivity index (χ1v) is 12.6. The van der Waals surface area contributed by atoms with Crippen molar-refractivity contribution in [1.82, 2.24) is 20.2 Å². The number of thiocarbonyl (C=S) groups is 1. The third-order valence-corrected chi connectivity index (χ3v) is 6.99. The average molecular weight is 475 g/mol. The molecule has 2 aliphatic heterocycles. The van der Waals surface area contributed by atoms with Crippen molar-refractivity contribution in [3.63, 3.8) is 0 Å². The lowest BCUT2D eigenvalue weighted by Crippen LogP contribution is -2.65. The highest BCUT2D eigenvalue weighted by Crippen LogP contribution is 2.33. The van der Waals surface area contributed by atoms with Crippen molar-refractivity contribution in [1.29, 1.82) is 0 Å². The van der Waals surface area contributed by atoms with E-state index in [2.05, 4.69) is 12.2 Å². The molecule has 1 aromatic rings. The van der Waals surface area contributed by atoms with Crippen LogP contribution in [0.3, 0.4) is 0 Å². The van der Waals surface area contributed by atoms with E-state index >= 15 is 0 Å². The Bertz CT molecular complexity index is 860. The fourth-order valence-electron chi connectivity index (χ4n) is 4.73. The number of hydrogen-bond acceptors (Lipinski definition) is 6. The minimum absolute atomic E-state index is 0.00285. The average Bonchev–Trinajstić information content (AvgIpc) is 2.99. The summed E-state index contributed by atoms with van der Waals surface area (Å²) >= 11 is 5.83. The Kier molecular flexibility index (Phi) is 8.84. The largest absolute Gasteiger partial charge is 0.496 e. The molecule has 0 aliphatic carbocycles. The quantitative estimate of drug-likeness (QED) is 0.298. The Morgan fingerprint density at radius 1 is 1.18 bits per heavy atom. The van der Waals surface area contributed by atoms with E-state index in [0.717, 1.165) is 19.4 Å². The number of benzene rings is 1. The number of ketones is 1. The van der Waals surface area contributed by atoms with Crippen molar-refractivity contribution >= 4 is 29.0 Å². The molecule has 0 spiro atoms. The monoisotopic (exact) mass is 474 g/mol. The first-order chi connectivity index (χ1) is 15.8. The molecular weight excluding hydrogens is 436 g/mol. The van der Waals surface area contributed by atoms with Crippen molar-refractivity contribution in [2.45, 2.75) is 70.9 Å². The molecule has 3 rings (SSSR count). The molecule has 2 saturated heterocycles. The highest BCUT2D eigenvalue weighted by molar-refractivity contribution is 7.80. The van der Waals surface area contributed by atoms with Gasteiger partial charge >= 0.3 is 0 Å². The zero-order valence-corrected chi connectivity index (χ0v) is 21.2. The number of ether oxygens (including phenoxy) is 1. The van der Waals surface area contributed by atoms with Crippen molar-refractivity contribution in [2.75, 3.05) is 33.3 Å².